The third-order valence-corrected chi connectivity index (χ3v) is 4.42. The normalized spacial score (nSPS) is 29.2. The van der Waals surface area contributed by atoms with Gasteiger partial charge in [0.2, 0.25) is 0 Å². The predicted octanol–water partition coefficient (Wildman–Crippen LogP) is 3.71. The van der Waals surface area contributed by atoms with Gasteiger partial charge in [-0.15, -0.1) is 0 Å². The zero-order valence-electron chi connectivity index (χ0n) is 13.0. The van der Waals surface area contributed by atoms with Crippen molar-refractivity contribution >= 4 is 0 Å². The highest BCUT2D eigenvalue weighted by Crippen LogP contribution is 2.37. The van der Waals surface area contributed by atoms with Gasteiger partial charge in [0.1, 0.15) is 0 Å². The summed E-state index contributed by atoms with van der Waals surface area (Å²) < 4.78 is 5.89. The van der Waals surface area contributed by atoms with E-state index in [1.54, 1.807) is 0 Å². The molecule has 0 aromatic rings. The van der Waals surface area contributed by atoms with Crippen molar-refractivity contribution in [1.29, 1.82) is 0 Å². The standard InChI is InChI=1S/C16H33NO/c1-6-17-10-15-8-7-14(12(2)3)9-16(15)11-18-13(4)5/h12-17H,6-11H2,1-5H3. The molecule has 0 amide bonds. The first-order valence-electron chi connectivity index (χ1n) is 7.86. The van der Waals surface area contributed by atoms with Crippen LogP contribution in [0.3, 0.4) is 0 Å². The van der Waals surface area contributed by atoms with E-state index in [9.17, 15) is 0 Å². The number of hydrogen-bond acceptors (Lipinski definition) is 2. The molecule has 2 nitrogen and oxygen atoms in total. The van der Waals surface area contributed by atoms with E-state index in [4.69, 9.17) is 4.74 Å². The summed E-state index contributed by atoms with van der Waals surface area (Å²) in [6, 6.07) is 0. The summed E-state index contributed by atoms with van der Waals surface area (Å²) in [7, 11) is 0. The molecule has 108 valence electrons. The van der Waals surface area contributed by atoms with Crippen LogP contribution >= 0.6 is 0 Å². The Morgan fingerprint density at radius 2 is 1.83 bits per heavy atom. The highest BCUT2D eigenvalue weighted by molar-refractivity contribution is 4.82. The lowest BCUT2D eigenvalue weighted by atomic mass is 9.71. The summed E-state index contributed by atoms with van der Waals surface area (Å²) in [5.74, 6) is 3.31. The van der Waals surface area contributed by atoms with Gasteiger partial charge in [-0.3, -0.25) is 0 Å². The Labute approximate surface area is 114 Å². The zero-order chi connectivity index (χ0) is 13.5. The minimum atomic E-state index is 0.365. The highest BCUT2D eigenvalue weighted by atomic mass is 16.5. The minimum absolute atomic E-state index is 0.365. The van der Waals surface area contributed by atoms with Crippen molar-refractivity contribution in [2.24, 2.45) is 23.7 Å². The smallest absolute Gasteiger partial charge is 0.0519 e. The second kappa shape index (κ2) is 8.16. The average Bonchev–Trinajstić information content (AvgIpc) is 2.33. The van der Waals surface area contributed by atoms with Crippen molar-refractivity contribution in [2.75, 3.05) is 19.7 Å². The topological polar surface area (TPSA) is 21.3 Å². The Morgan fingerprint density at radius 1 is 1.11 bits per heavy atom. The highest BCUT2D eigenvalue weighted by Gasteiger charge is 2.31. The van der Waals surface area contributed by atoms with Crippen LogP contribution in [0.15, 0.2) is 0 Å². The maximum absolute atomic E-state index is 5.89. The van der Waals surface area contributed by atoms with Gasteiger partial charge in [0.25, 0.3) is 0 Å². The first kappa shape index (κ1) is 16.0. The van der Waals surface area contributed by atoms with Crippen LogP contribution in [0.5, 0.6) is 0 Å². The molecule has 1 fully saturated rings. The van der Waals surface area contributed by atoms with Crippen molar-refractivity contribution < 1.29 is 4.74 Å². The maximum Gasteiger partial charge on any atom is 0.0519 e. The second-order valence-electron chi connectivity index (χ2n) is 6.53. The van der Waals surface area contributed by atoms with Crippen molar-refractivity contribution in [1.82, 2.24) is 5.32 Å². The molecule has 1 aliphatic rings. The molecule has 0 bridgehead atoms. The van der Waals surface area contributed by atoms with Crippen LogP contribution < -0.4 is 5.32 Å². The van der Waals surface area contributed by atoms with Gasteiger partial charge in [-0.2, -0.15) is 0 Å². The molecular weight excluding hydrogens is 222 g/mol. The molecule has 1 rings (SSSR count). The largest absolute Gasteiger partial charge is 0.378 e. The van der Waals surface area contributed by atoms with E-state index in [0.717, 1.165) is 36.8 Å². The van der Waals surface area contributed by atoms with Crippen LogP contribution in [0.2, 0.25) is 0 Å². The van der Waals surface area contributed by atoms with Crippen LogP contribution in [0.25, 0.3) is 0 Å². The lowest BCUT2D eigenvalue weighted by Crippen LogP contribution is -2.37. The molecule has 0 heterocycles. The van der Waals surface area contributed by atoms with Crippen LogP contribution in [0.1, 0.15) is 53.9 Å². The van der Waals surface area contributed by atoms with Crippen LogP contribution in [-0.2, 0) is 4.74 Å². The molecule has 0 radical (unpaired) electrons. The van der Waals surface area contributed by atoms with Gasteiger partial charge in [0.05, 0.1) is 12.7 Å². The number of hydrogen-bond donors (Lipinski definition) is 1. The monoisotopic (exact) mass is 255 g/mol. The maximum atomic E-state index is 5.89. The molecule has 3 atom stereocenters. The lowest BCUT2D eigenvalue weighted by Gasteiger charge is -2.38. The van der Waals surface area contributed by atoms with Crippen molar-refractivity contribution in [2.45, 2.75) is 60.0 Å². The molecule has 0 spiro atoms. The Morgan fingerprint density at radius 3 is 2.39 bits per heavy atom. The Balaban J connectivity index is 2.49. The molecule has 0 aromatic heterocycles. The van der Waals surface area contributed by atoms with Crippen LogP contribution in [0, 0.1) is 23.7 Å². The summed E-state index contributed by atoms with van der Waals surface area (Å²) in [6.45, 7) is 14.4. The van der Waals surface area contributed by atoms with E-state index in [0.29, 0.717) is 6.10 Å². The molecule has 3 unspecified atom stereocenters. The molecule has 0 aromatic carbocycles. The first-order valence-corrected chi connectivity index (χ1v) is 7.86. The molecule has 18 heavy (non-hydrogen) atoms. The number of ether oxygens (including phenoxy) is 1. The summed E-state index contributed by atoms with van der Waals surface area (Å²) >= 11 is 0. The molecule has 0 saturated heterocycles. The lowest BCUT2D eigenvalue weighted by molar-refractivity contribution is 0.00769. The minimum Gasteiger partial charge on any atom is -0.378 e. The van der Waals surface area contributed by atoms with Gasteiger partial charge < -0.3 is 10.1 Å². The van der Waals surface area contributed by atoms with Gasteiger partial charge in [-0.25, -0.2) is 0 Å². The molecular formula is C16H33NO. The van der Waals surface area contributed by atoms with Gasteiger partial charge in [-0.05, 0) is 69.9 Å². The molecule has 0 aliphatic heterocycles. The van der Waals surface area contributed by atoms with Crippen LogP contribution in [0.4, 0.5) is 0 Å². The van der Waals surface area contributed by atoms with E-state index in [1.807, 2.05) is 0 Å². The van der Waals surface area contributed by atoms with Gasteiger partial charge >= 0.3 is 0 Å². The fraction of sp³-hybridized carbons (Fsp3) is 1.00. The van der Waals surface area contributed by atoms with E-state index in [2.05, 4.69) is 39.9 Å². The van der Waals surface area contributed by atoms with E-state index in [1.165, 1.54) is 25.8 Å². The Hall–Kier alpha value is -0.0800. The zero-order valence-corrected chi connectivity index (χ0v) is 13.0. The predicted molar refractivity (Wildman–Crippen MR) is 78.8 cm³/mol. The summed E-state index contributed by atoms with van der Waals surface area (Å²) in [5, 5.41) is 3.52. The summed E-state index contributed by atoms with van der Waals surface area (Å²) in [6.07, 6.45) is 4.51. The molecule has 1 aliphatic carbocycles. The van der Waals surface area contributed by atoms with Crippen molar-refractivity contribution in [3.63, 3.8) is 0 Å². The molecule has 1 saturated carbocycles. The van der Waals surface area contributed by atoms with Crippen LogP contribution in [-0.4, -0.2) is 25.8 Å². The SMILES string of the molecule is CCNCC1CCC(C(C)C)CC1COC(C)C. The summed E-state index contributed by atoms with van der Waals surface area (Å²) in [5.41, 5.74) is 0. The summed E-state index contributed by atoms with van der Waals surface area (Å²) in [4.78, 5) is 0. The third kappa shape index (κ3) is 5.27. The van der Waals surface area contributed by atoms with E-state index < -0.39 is 0 Å². The van der Waals surface area contributed by atoms with E-state index in [-0.39, 0.29) is 0 Å². The first-order chi connectivity index (χ1) is 8.54. The third-order valence-electron chi connectivity index (χ3n) is 4.42. The van der Waals surface area contributed by atoms with Gasteiger partial charge in [0, 0.05) is 0 Å². The van der Waals surface area contributed by atoms with Crippen molar-refractivity contribution in [3.05, 3.63) is 0 Å². The number of nitrogens with one attached hydrogen (secondary N) is 1. The molecule has 1 N–H and O–H groups in total. The Bertz CT molecular complexity index is 215. The fourth-order valence-corrected chi connectivity index (χ4v) is 3.09. The number of rotatable bonds is 7. The quantitative estimate of drug-likeness (QED) is 0.749. The van der Waals surface area contributed by atoms with Gasteiger partial charge in [0.15, 0.2) is 0 Å². The van der Waals surface area contributed by atoms with Crippen molar-refractivity contribution in [3.8, 4) is 0 Å². The average molecular weight is 255 g/mol. The second-order valence-corrected chi connectivity index (χ2v) is 6.53. The molecule has 2 heteroatoms. The van der Waals surface area contributed by atoms with Gasteiger partial charge in [-0.1, -0.05) is 20.8 Å². The fourth-order valence-electron chi connectivity index (χ4n) is 3.09. The Kier molecular flexibility index (Phi) is 7.25. The van der Waals surface area contributed by atoms with E-state index >= 15 is 0 Å².